The maximum absolute atomic E-state index is 12.9. The standard InChI is InChI=1S/C18H15ClN2O2S/c1-2-14(22)11-24-18-20-16-6-4-3-5-15(16)17(23)21(18)13-9-7-12(19)8-10-13/h3-10H,2,11H2,1H3. The second-order valence-corrected chi connectivity index (χ2v) is 6.59. The number of hydrogen-bond donors (Lipinski definition) is 0. The van der Waals surface area contributed by atoms with E-state index in [9.17, 15) is 9.59 Å². The number of carbonyl (C=O) groups is 1. The van der Waals surface area contributed by atoms with E-state index in [2.05, 4.69) is 4.98 Å². The summed E-state index contributed by atoms with van der Waals surface area (Å²) in [6, 6.07) is 14.2. The van der Waals surface area contributed by atoms with Gasteiger partial charge in [-0.1, -0.05) is 42.4 Å². The van der Waals surface area contributed by atoms with Crippen molar-refractivity contribution in [1.29, 1.82) is 0 Å². The van der Waals surface area contributed by atoms with Crippen LogP contribution >= 0.6 is 23.4 Å². The lowest BCUT2D eigenvalue weighted by atomic mass is 10.2. The zero-order valence-corrected chi connectivity index (χ0v) is 14.6. The minimum absolute atomic E-state index is 0.116. The van der Waals surface area contributed by atoms with Crippen LogP contribution in [0, 0.1) is 0 Å². The molecule has 0 unspecified atom stereocenters. The van der Waals surface area contributed by atoms with Gasteiger partial charge in [0.1, 0.15) is 5.78 Å². The van der Waals surface area contributed by atoms with E-state index in [4.69, 9.17) is 11.6 Å². The second-order valence-electron chi connectivity index (χ2n) is 5.21. The Bertz CT molecular complexity index is 951. The van der Waals surface area contributed by atoms with Gasteiger partial charge < -0.3 is 0 Å². The third kappa shape index (κ3) is 3.37. The normalized spacial score (nSPS) is 10.9. The highest BCUT2D eigenvalue weighted by atomic mass is 35.5. The molecule has 1 aromatic heterocycles. The highest BCUT2D eigenvalue weighted by Crippen LogP contribution is 2.22. The fourth-order valence-corrected chi connectivity index (χ4v) is 3.37. The summed E-state index contributed by atoms with van der Waals surface area (Å²) in [4.78, 5) is 29.2. The molecule has 0 atom stereocenters. The molecular formula is C18H15ClN2O2S. The molecule has 0 fully saturated rings. The van der Waals surface area contributed by atoms with Crippen molar-refractivity contribution >= 4 is 40.0 Å². The van der Waals surface area contributed by atoms with Gasteiger partial charge in [0.25, 0.3) is 5.56 Å². The molecule has 4 nitrogen and oxygen atoms in total. The molecule has 0 bridgehead atoms. The molecule has 0 spiro atoms. The molecule has 0 amide bonds. The van der Waals surface area contributed by atoms with Crippen molar-refractivity contribution in [2.24, 2.45) is 0 Å². The largest absolute Gasteiger partial charge is 0.299 e. The first-order valence-corrected chi connectivity index (χ1v) is 8.88. The number of halogens is 1. The number of rotatable bonds is 5. The number of hydrogen-bond acceptors (Lipinski definition) is 4. The van der Waals surface area contributed by atoms with Gasteiger partial charge in [0.05, 0.1) is 22.3 Å². The van der Waals surface area contributed by atoms with E-state index >= 15 is 0 Å². The van der Waals surface area contributed by atoms with E-state index in [1.54, 1.807) is 36.4 Å². The van der Waals surface area contributed by atoms with Crippen molar-refractivity contribution in [2.45, 2.75) is 18.5 Å². The van der Waals surface area contributed by atoms with Crippen LogP contribution in [0.1, 0.15) is 13.3 Å². The highest BCUT2D eigenvalue weighted by molar-refractivity contribution is 7.99. The number of fused-ring (bicyclic) bond motifs is 1. The fraction of sp³-hybridized carbons (Fsp3) is 0.167. The molecule has 0 aliphatic carbocycles. The number of para-hydroxylation sites is 1. The number of Topliss-reactive ketones (excluding diaryl/α,β-unsaturated/α-hetero) is 1. The summed E-state index contributed by atoms with van der Waals surface area (Å²) in [5, 5.41) is 1.64. The smallest absolute Gasteiger partial charge is 0.266 e. The van der Waals surface area contributed by atoms with Crippen molar-refractivity contribution in [3.8, 4) is 5.69 Å². The Kier molecular flexibility index (Phi) is 5.02. The Morgan fingerprint density at radius 1 is 1.17 bits per heavy atom. The fourth-order valence-electron chi connectivity index (χ4n) is 2.27. The van der Waals surface area contributed by atoms with Crippen LogP contribution in [0.2, 0.25) is 5.02 Å². The highest BCUT2D eigenvalue weighted by Gasteiger charge is 2.14. The van der Waals surface area contributed by atoms with Crippen molar-refractivity contribution in [2.75, 3.05) is 5.75 Å². The van der Waals surface area contributed by atoms with E-state index in [1.165, 1.54) is 16.3 Å². The summed E-state index contributed by atoms with van der Waals surface area (Å²) < 4.78 is 1.53. The Hall–Kier alpha value is -2.11. The van der Waals surface area contributed by atoms with Crippen molar-refractivity contribution in [3.05, 3.63) is 63.9 Å². The van der Waals surface area contributed by atoms with E-state index in [0.717, 1.165) is 0 Å². The van der Waals surface area contributed by atoms with Crippen LogP contribution < -0.4 is 5.56 Å². The van der Waals surface area contributed by atoms with Crippen LogP contribution in [0.15, 0.2) is 58.5 Å². The third-order valence-corrected chi connectivity index (χ3v) is 4.84. The molecule has 0 radical (unpaired) electrons. The molecule has 1 heterocycles. The Morgan fingerprint density at radius 3 is 2.58 bits per heavy atom. The SMILES string of the molecule is CCC(=O)CSc1nc2ccccc2c(=O)n1-c1ccc(Cl)cc1. The van der Waals surface area contributed by atoms with Gasteiger partial charge in [-0.2, -0.15) is 0 Å². The van der Waals surface area contributed by atoms with Gasteiger partial charge in [0.15, 0.2) is 5.16 Å². The molecule has 122 valence electrons. The third-order valence-electron chi connectivity index (χ3n) is 3.59. The Labute approximate surface area is 148 Å². The van der Waals surface area contributed by atoms with E-state index in [-0.39, 0.29) is 17.1 Å². The van der Waals surface area contributed by atoms with Crippen LogP contribution in [-0.4, -0.2) is 21.1 Å². The molecule has 0 N–H and O–H groups in total. The molecule has 6 heteroatoms. The van der Waals surface area contributed by atoms with Crippen LogP contribution in [-0.2, 0) is 4.79 Å². The molecule has 0 aliphatic rings. The predicted octanol–water partition coefficient (Wildman–Crippen LogP) is 4.11. The summed E-state index contributed by atoms with van der Waals surface area (Å²) in [5.74, 6) is 0.402. The van der Waals surface area contributed by atoms with E-state index in [1.807, 2.05) is 19.1 Å². The number of carbonyl (C=O) groups excluding carboxylic acids is 1. The zero-order valence-electron chi connectivity index (χ0n) is 13.0. The van der Waals surface area contributed by atoms with Crippen LogP contribution in [0.5, 0.6) is 0 Å². The van der Waals surface area contributed by atoms with Gasteiger partial charge in [-0.05, 0) is 36.4 Å². The second kappa shape index (κ2) is 7.20. The van der Waals surface area contributed by atoms with Crippen LogP contribution in [0.25, 0.3) is 16.6 Å². The van der Waals surface area contributed by atoms with Crippen molar-refractivity contribution < 1.29 is 4.79 Å². The van der Waals surface area contributed by atoms with Gasteiger partial charge >= 0.3 is 0 Å². The van der Waals surface area contributed by atoms with Crippen molar-refractivity contribution in [1.82, 2.24) is 9.55 Å². The average molecular weight is 359 g/mol. The summed E-state index contributed by atoms with van der Waals surface area (Å²) in [6.07, 6.45) is 0.464. The maximum Gasteiger partial charge on any atom is 0.266 e. The number of benzene rings is 2. The maximum atomic E-state index is 12.9. The molecule has 0 saturated heterocycles. The van der Waals surface area contributed by atoms with Gasteiger partial charge in [0, 0.05) is 11.4 Å². The predicted molar refractivity (Wildman–Crippen MR) is 98.4 cm³/mol. The van der Waals surface area contributed by atoms with E-state index in [0.29, 0.717) is 33.2 Å². The van der Waals surface area contributed by atoms with Gasteiger partial charge in [-0.25, -0.2) is 4.98 Å². The van der Waals surface area contributed by atoms with Crippen molar-refractivity contribution in [3.63, 3.8) is 0 Å². The van der Waals surface area contributed by atoms with Gasteiger partial charge in [-0.3, -0.25) is 14.2 Å². The Morgan fingerprint density at radius 2 is 1.88 bits per heavy atom. The monoisotopic (exact) mass is 358 g/mol. The first-order valence-electron chi connectivity index (χ1n) is 7.52. The number of aromatic nitrogens is 2. The molecule has 2 aromatic carbocycles. The summed E-state index contributed by atoms with van der Waals surface area (Å²) in [5.41, 5.74) is 1.14. The van der Waals surface area contributed by atoms with Gasteiger partial charge in [-0.15, -0.1) is 0 Å². The Balaban J connectivity index is 2.19. The molecule has 0 aliphatic heterocycles. The lowest BCUT2D eigenvalue weighted by molar-refractivity contribution is -0.116. The summed E-state index contributed by atoms with van der Waals surface area (Å²) >= 11 is 7.22. The van der Waals surface area contributed by atoms with Gasteiger partial charge in [0.2, 0.25) is 0 Å². The first kappa shape index (κ1) is 16.7. The lowest BCUT2D eigenvalue weighted by Crippen LogP contribution is -2.22. The van der Waals surface area contributed by atoms with E-state index < -0.39 is 0 Å². The lowest BCUT2D eigenvalue weighted by Gasteiger charge is -2.13. The topological polar surface area (TPSA) is 52.0 Å². The quantitative estimate of drug-likeness (QED) is 0.508. The molecule has 24 heavy (non-hydrogen) atoms. The number of ketones is 1. The minimum Gasteiger partial charge on any atom is -0.299 e. The minimum atomic E-state index is -0.158. The number of thioether (sulfide) groups is 1. The zero-order chi connectivity index (χ0) is 17.1. The average Bonchev–Trinajstić information content (AvgIpc) is 2.61. The molecule has 0 saturated carbocycles. The molecule has 3 rings (SSSR count). The molecular weight excluding hydrogens is 344 g/mol. The first-order chi connectivity index (χ1) is 11.6. The van der Waals surface area contributed by atoms with Crippen LogP contribution in [0.4, 0.5) is 0 Å². The summed E-state index contributed by atoms with van der Waals surface area (Å²) in [6.45, 7) is 1.82. The number of nitrogens with zero attached hydrogens (tertiary/aromatic N) is 2. The van der Waals surface area contributed by atoms with Crippen LogP contribution in [0.3, 0.4) is 0 Å². The summed E-state index contributed by atoms with van der Waals surface area (Å²) in [7, 11) is 0. The molecule has 3 aromatic rings.